The van der Waals surface area contributed by atoms with Crippen molar-refractivity contribution in [1.29, 1.82) is 0 Å². The number of nitrogens with zero attached hydrogens (tertiary/aromatic N) is 1. The maximum absolute atomic E-state index is 13.9. The minimum absolute atomic E-state index is 0.0548. The summed E-state index contributed by atoms with van der Waals surface area (Å²) < 4.78 is 40.4. The smallest absolute Gasteiger partial charge is 0.252 e. The Morgan fingerprint density at radius 2 is 1.65 bits per heavy atom. The van der Waals surface area contributed by atoms with Crippen LogP contribution in [-0.2, 0) is 23.0 Å². The van der Waals surface area contributed by atoms with Crippen molar-refractivity contribution in [3.8, 4) is 11.5 Å². The fraction of sp³-hybridized carbons (Fsp3) is 0.276. The number of nitrogens with one attached hydrogen (secondary N) is 1. The second kappa shape index (κ2) is 10.0. The number of rotatable bonds is 7. The maximum atomic E-state index is 13.9. The number of aromatic nitrogens is 1. The van der Waals surface area contributed by atoms with Crippen molar-refractivity contribution in [3.63, 3.8) is 0 Å². The van der Waals surface area contributed by atoms with E-state index in [1.165, 1.54) is 16.4 Å². The van der Waals surface area contributed by atoms with Crippen molar-refractivity contribution < 1.29 is 17.9 Å². The minimum atomic E-state index is -3.95. The standard InChI is InChI=1S/C29H30N2O5S/c1-19-5-4-6-22(13-19)9-10-31(37(33,34)25-7-8-27-28(17-25)36-12-11-35-27)18-24-16-23-14-20(2)21(3)15-26(23)30-29(24)32/h4-8,13-17H,9-12,18H2,1-3H3,(H,30,32). The molecule has 1 aliphatic heterocycles. The molecule has 0 amide bonds. The van der Waals surface area contributed by atoms with Crippen LogP contribution in [-0.4, -0.2) is 37.5 Å². The number of H-pyrrole nitrogens is 1. The van der Waals surface area contributed by atoms with E-state index in [0.29, 0.717) is 36.7 Å². The Bertz CT molecular complexity index is 1640. The van der Waals surface area contributed by atoms with E-state index in [1.54, 1.807) is 12.1 Å². The molecule has 0 saturated carbocycles. The minimum Gasteiger partial charge on any atom is -0.486 e. The monoisotopic (exact) mass is 518 g/mol. The Labute approximate surface area is 216 Å². The molecule has 5 rings (SSSR count). The van der Waals surface area contributed by atoms with Crippen LogP contribution in [0.5, 0.6) is 11.5 Å². The summed E-state index contributed by atoms with van der Waals surface area (Å²) in [6.45, 7) is 6.95. The molecule has 4 aromatic rings. The number of ether oxygens (including phenoxy) is 2. The zero-order valence-electron chi connectivity index (χ0n) is 21.2. The zero-order chi connectivity index (χ0) is 26.2. The number of hydrogen-bond acceptors (Lipinski definition) is 5. The number of fused-ring (bicyclic) bond motifs is 2. The average molecular weight is 519 g/mol. The molecule has 0 aliphatic carbocycles. The Kier molecular flexibility index (Phi) is 6.79. The first-order valence-electron chi connectivity index (χ1n) is 12.3. The lowest BCUT2D eigenvalue weighted by atomic mass is 10.0. The molecule has 192 valence electrons. The van der Waals surface area contributed by atoms with Crippen LogP contribution in [0.2, 0.25) is 0 Å². The van der Waals surface area contributed by atoms with Gasteiger partial charge in [0.25, 0.3) is 5.56 Å². The third-order valence-electron chi connectivity index (χ3n) is 6.77. The number of aryl methyl sites for hydroxylation is 3. The van der Waals surface area contributed by atoms with Gasteiger partial charge >= 0.3 is 0 Å². The van der Waals surface area contributed by atoms with Crippen LogP contribution in [0.25, 0.3) is 10.9 Å². The second-order valence-corrected chi connectivity index (χ2v) is 11.5. The summed E-state index contributed by atoms with van der Waals surface area (Å²) >= 11 is 0. The van der Waals surface area contributed by atoms with Crippen LogP contribution in [0.1, 0.15) is 27.8 Å². The van der Waals surface area contributed by atoms with E-state index < -0.39 is 10.0 Å². The lowest BCUT2D eigenvalue weighted by Gasteiger charge is -2.24. The van der Waals surface area contributed by atoms with Crippen molar-refractivity contribution in [2.75, 3.05) is 19.8 Å². The summed E-state index contributed by atoms with van der Waals surface area (Å²) in [6, 6.07) is 18.4. The van der Waals surface area contributed by atoms with E-state index >= 15 is 0 Å². The van der Waals surface area contributed by atoms with Crippen molar-refractivity contribution in [3.05, 3.63) is 98.8 Å². The molecular weight excluding hydrogens is 488 g/mol. The highest BCUT2D eigenvalue weighted by molar-refractivity contribution is 7.89. The van der Waals surface area contributed by atoms with Crippen LogP contribution in [0.3, 0.4) is 0 Å². The molecule has 0 radical (unpaired) electrons. The first-order chi connectivity index (χ1) is 17.7. The van der Waals surface area contributed by atoms with Gasteiger partial charge in [-0.3, -0.25) is 4.79 Å². The van der Waals surface area contributed by atoms with Crippen LogP contribution >= 0.6 is 0 Å². The van der Waals surface area contributed by atoms with Gasteiger partial charge < -0.3 is 14.5 Å². The number of aromatic amines is 1. The number of sulfonamides is 1. The zero-order valence-corrected chi connectivity index (χ0v) is 22.0. The predicted octanol–water partition coefficient (Wildman–Crippen LogP) is 4.66. The van der Waals surface area contributed by atoms with E-state index in [0.717, 1.165) is 33.2 Å². The summed E-state index contributed by atoms with van der Waals surface area (Å²) in [4.78, 5) is 16.1. The Hall–Kier alpha value is -3.62. The number of benzene rings is 3. The van der Waals surface area contributed by atoms with Crippen LogP contribution < -0.4 is 15.0 Å². The van der Waals surface area contributed by atoms with Gasteiger partial charge in [-0.2, -0.15) is 4.31 Å². The molecule has 0 atom stereocenters. The molecule has 37 heavy (non-hydrogen) atoms. The molecule has 3 aromatic carbocycles. The SMILES string of the molecule is Cc1cccc(CCN(Cc2cc3cc(C)c(C)cc3[nH]c2=O)S(=O)(=O)c2ccc3c(c2)OCCO3)c1. The Balaban J connectivity index is 1.53. The Morgan fingerprint density at radius 1 is 0.892 bits per heavy atom. The quantitative estimate of drug-likeness (QED) is 0.385. The molecule has 2 heterocycles. The number of hydrogen-bond donors (Lipinski definition) is 1. The van der Waals surface area contributed by atoms with Gasteiger partial charge in [-0.05, 0) is 79.6 Å². The molecule has 0 saturated heterocycles. The van der Waals surface area contributed by atoms with Gasteiger partial charge in [0, 0.05) is 30.2 Å². The predicted molar refractivity (Wildman–Crippen MR) is 144 cm³/mol. The van der Waals surface area contributed by atoms with E-state index in [2.05, 4.69) is 4.98 Å². The molecule has 0 bridgehead atoms. The fourth-order valence-corrected chi connectivity index (χ4v) is 6.00. The maximum Gasteiger partial charge on any atom is 0.252 e. The van der Waals surface area contributed by atoms with E-state index in [-0.39, 0.29) is 23.5 Å². The molecule has 0 unspecified atom stereocenters. The summed E-state index contributed by atoms with van der Waals surface area (Å²) in [7, 11) is -3.95. The highest BCUT2D eigenvalue weighted by Gasteiger charge is 2.27. The third kappa shape index (κ3) is 5.26. The van der Waals surface area contributed by atoms with Crippen LogP contribution in [0.4, 0.5) is 0 Å². The van der Waals surface area contributed by atoms with E-state index in [4.69, 9.17) is 9.47 Å². The van der Waals surface area contributed by atoms with E-state index in [1.807, 2.05) is 57.2 Å². The third-order valence-corrected chi connectivity index (χ3v) is 8.61. The average Bonchev–Trinajstić information content (AvgIpc) is 2.87. The highest BCUT2D eigenvalue weighted by atomic mass is 32.2. The first kappa shape index (κ1) is 25.0. The second-order valence-electron chi connectivity index (χ2n) is 9.53. The lowest BCUT2D eigenvalue weighted by Crippen LogP contribution is -2.34. The fourth-order valence-electron chi connectivity index (χ4n) is 4.57. The topological polar surface area (TPSA) is 88.7 Å². The molecule has 1 aliphatic rings. The number of pyridine rings is 1. The Morgan fingerprint density at radius 3 is 2.43 bits per heavy atom. The van der Waals surface area contributed by atoms with Gasteiger partial charge in [-0.15, -0.1) is 0 Å². The summed E-state index contributed by atoms with van der Waals surface area (Å²) in [5, 5.41) is 0.869. The van der Waals surface area contributed by atoms with Crippen molar-refractivity contribution in [2.24, 2.45) is 0 Å². The molecule has 1 aromatic heterocycles. The van der Waals surface area contributed by atoms with Crippen molar-refractivity contribution in [2.45, 2.75) is 38.6 Å². The van der Waals surface area contributed by atoms with Crippen molar-refractivity contribution >= 4 is 20.9 Å². The first-order valence-corrected chi connectivity index (χ1v) is 13.7. The molecule has 0 spiro atoms. The van der Waals surface area contributed by atoms with Gasteiger partial charge in [0.15, 0.2) is 11.5 Å². The van der Waals surface area contributed by atoms with Crippen LogP contribution in [0, 0.1) is 20.8 Å². The molecular formula is C29H30N2O5S. The van der Waals surface area contributed by atoms with Gasteiger partial charge in [0.1, 0.15) is 13.2 Å². The molecule has 7 nitrogen and oxygen atoms in total. The van der Waals surface area contributed by atoms with Gasteiger partial charge in [0.05, 0.1) is 4.90 Å². The summed E-state index contributed by atoms with van der Waals surface area (Å²) in [5.41, 5.74) is 5.14. The largest absolute Gasteiger partial charge is 0.486 e. The molecule has 1 N–H and O–H groups in total. The van der Waals surface area contributed by atoms with Gasteiger partial charge in [-0.25, -0.2) is 8.42 Å². The van der Waals surface area contributed by atoms with Crippen molar-refractivity contribution in [1.82, 2.24) is 9.29 Å². The van der Waals surface area contributed by atoms with Crippen LogP contribution in [0.15, 0.2) is 70.4 Å². The van der Waals surface area contributed by atoms with Gasteiger partial charge in [-0.1, -0.05) is 29.8 Å². The normalized spacial score (nSPS) is 13.3. The summed E-state index contributed by atoms with van der Waals surface area (Å²) in [6.07, 6.45) is 0.509. The molecule has 0 fully saturated rings. The highest BCUT2D eigenvalue weighted by Crippen LogP contribution is 2.33. The summed E-state index contributed by atoms with van der Waals surface area (Å²) in [5.74, 6) is 0.925. The van der Waals surface area contributed by atoms with Gasteiger partial charge in [0.2, 0.25) is 10.0 Å². The lowest BCUT2D eigenvalue weighted by molar-refractivity contribution is 0.171. The van der Waals surface area contributed by atoms with E-state index in [9.17, 15) is 13.2 Å². The molecule has 8 heteroatoms.